The van der Waals surface area contributed by atoms with Gasteiger partial charge in [0.2, 0.25) is 0 Å². The zero-order chi connectivity index (χ0) is 10.7. The number of hydrogen-bond acceptors (Lipinski definition) is 4. The number of aliphatic hydroxyl groups excluding tert-OH is 1. The Kier molecular flexibility index (Phi) is 3.19. The molecule has 1 heterocycles. The maximum absolute atomic E-state index is 12.4. The molecule has 0 bridgehead atoms. The highest BCUT2D eigenvalue weighted by Crippen LogP contribution is 2.34. The number of rotatable bonds is 3. The first kappa shape index (κ1) is 10.6. The Bertz CT molecular complexity index is 331. The number of aliphatic hydroxyl groups is 1. The molecular formula is C8H10F2N2O2. The van der Waals surface area contributed by atoms with E-state index >= 15 is 0 Å². The SMILES string of the molecule is COc1c(C(F)F)cnc(CO)c1N. The van der Waals surface area contributed by atoms with Gasteiger partial charge in [-0.2, -0.15) is 0 Å². The van der Waals surface area contributed by atoms with Crippen molar-refractivity contribution < 1.29 is 18.6 Å². The predicted octanol–water partition coefficient (Wildman–Crippen LogP) is 1.10. The van der Waals surface area contributed by atoms with E-state index in [2.05, 4.69) is 4.98 Å². The van der Waals surface area contributed by atoms with Crippen molar-refractivity contribution >= 4 is 5.69 Å². The highest BCUT2D eigenvalue weighted by molar-refractivity contribution is 5.59. The van der Waals surface area contributed by atoms with Crippen LogP contribution in [0.1, 0.15) is 17.7 Å². The molecule has 6 heteroatoms. The van der Waals surface area contributed by atoms with Crippen LogP contribution in [0.5, 0.6) is 5.75 Å². The molecule has 0 atom stereocenters. The lowest BCUT2D eigenvalue weighted by Gasteiger charge is -2.11. The van der Waals surface area contributed by atoms with Crippen LogP contribution in [0.3, 0.4) is 0 Å². The van der Waals surface area contributed by atoms with Crippen molar-refractivity contribution in [3.8, 4) is 5.75 Å². The summed E-state index contributed by atoms with van der Waals surface area (Å²) in [6, 6.07) is 0. The Labute approximate surface area is 79.3 Å². The molecule has 0 saturated carbocycles. The van der Waals surface area contributed by atoms with Crippen molar-refractivity contribution in [2.24, 2.45) is 0 Å². The maximum Gasteiger partial charge on any atom is 0.268 e. The molecule has 3 N–H and O–H groups in total. The van der Waals surface area contributed by atoms with Gasteiger partial charge in [0.25, 0.3) is 6.43 Å². The van der Waals surface area contributed by atoms with E-state index in [1.807, 2.05) is 0 Å². The number of alkyl halides is 2. The average Bonchev–Trinajstić information content (AvgIpc) is 2.17. The molecule has 0 radical (unpaired) electrons. The molecule has 14 heavy (non-hydrogen) atoms. The van der Waals surface area contributed by atoms with Crippen LogP contribution in [-0.2, 0) is 6.61 Å². The van der Waals surface area contributed by atoms with Gasteiger partial charge in [0, 0.05) is 6.20 Å². The van der Waals surface area contributed by atoms with Gasteiger partial charge in [-0.1, -0.05) is 0 Å². The third-order valence-electron chi connectivity index (χ3n) is 1.77. The van der Waals surface area contributed by atoms with Gasteiger partial charge >= 0.3 is 0 Å². The summed E-state index contributed by atoms with van der Waals surface area (Å²) >= 11 is 0. The molecule has 0 unspecified atom stereocenters. The van der Waals surface area contributed by atoms with E-state index in [0.717, 1.165) is 6.20 Å². The zero-order valence-corrected chi connectivity index (χ0v) is 7.50. The number of aromatic nitrogens is 1. The van der Waals surface area contributed by atoms with Gasteiger partial charge in [0.05, 0.1) is 30.7 Å². The van der Waals surface area contributed by atoms with Gasteiger partial charge < -0.3 is 15.6 Å². The summed E-state index contributed by atoms with van der Waals surface area (Å²) in [6.45, 7) is -0.411. The number of hydrogen-bond donors (Lipinski definition) is 2. The number of nitrogens with two attached hydrogens (primary N) is 1. The maximum atomic E-state index is 12.4. The molecular weight excluding hydrogens is 194 g/mol. The van der Waals surface area contributed by atoms with Crippen LogP contribution in [0.4, 0.5) is 14.5 Å². The van der Waals surface area contributed by atoms with Crippen LogP contribution < -0.4 is 10.5 Å². The predicted molar refractivity (Wildman–Crippen MR) is 46.1 cm³/mol. The lowest BCUT2D eigenvalue weighted by molar-refractivity contribution is 0.146. The van der Waals surface area contributed by atoms with E-state index in [-0.39, 0.29) is 22.7 Å². The highest BCUT2D eigenvalue weighted by Gasteiger charge is 2.19. The van der Waals surface area contributed by atoms with Gasteiger partial charge in [0.15, 0.2) is 5.75 Å². The molecule has 4 nitrogen and oxygen atoms in total. The molecule has 1 aromatic rings. The first-order valence-electron chi connectivity index (χ1n) is 3.82. The molecule has 0 aliphatic heterocycles. The summed E-state index contributed by atoms with van der Waals surface area (Å²) in [5, 5.41) is 8.78. The number of nitrogens with zero attached hydrogens (tertiary/aromatic N) is 1. The summed E-state index contributed by atoms with van der Waals surface area (Å²) in [5.74, 6) is -0.126. The fourth-order valence-corrected chi connectivity index (χ4v) is 1.07. The van der Waals surface area contributed by atoms with E-state index in [0.29, 0.717) is 0 Å². The molecule has 78 valence electrons. The van der Waals surface area contributed by atoms with Gasteiger partial charge in [-0.25, -0.2) is 8.78 Å². The first-order chi connectivity index (χ1) is 6.61. The first-order valence-corrected chi connectivity index (χ1v) is 3.82. The van der Waals surface area contributed by atoms with Crippen LogP contribution in [0.15, 0.2) is 6.20 Å². The van der Waals surface area contributed by atoms with Crippen molar-refractivity contribution in [1.82, 2.24) is 4.98 Å². The van der Waals surface area contributed by atoms with Gasteiger partial charge in [-0.15, -0.1) is 0 Å². The normalized spacial score (nSPS) is 10.6. The third kappa shape index (κ3) is 1.74. The molecule has 0 spiro atoms. The Hall–Kier alpha value is -1.43. The molecule has 0 aliphatic rings. The number of methoxy groups -OCH3 is 1. The smallest absolute Gasteiger partial charge is 0.268 e. The summed E-state index contributed by atoms with van der Waals surface area (Å²) < 4.78 is 29.5. The van der Waals surface area contributed by atoms with Crippen molar-refractivity contribution in [3.05, 3.63) is 17.5 Å². The van der Waals surface area contributed by atoms with E-state index < -0.39 is 13.0 Å². The monoisotopic (exact) mass is 204 g/mol. The lowest BCUT2D eigenvalue weighted by Crippen LogP contribution is -2.04. The highest BCUT2D eigenvalue weighted by atomic mass is 19.3. The van der Waals surface area contributed by atoms with Crippen LogP contribution in [0.25, 0.3) is 0 Å². The van der Waals surface area contributed by atoms with Crippen molar-refractivity contribution in [2.75, 3.05) is 12.8 Å². The average molecular weight is 204 g/mol. The zero-order valence-electron chi connectivity index (χ0n) is 7.50. The summed E-state index contributed by atoms with van der Waals surface area (Å²) in [4.78, 5) is 3.59. The number of anilines is 1. The van der Waals surface area contributed by atoms with Gasteiger partial charge in [-0.3, -0.25) is 4.98 Å². The van der Waals surface area contributed by atoms with Gasteiger partial charge in [-0.05, 0) is 0 Å². The van der Waals surface area contributed by atoms with Crippen LogP contribution in [0.2, 0.25) is 0 Å². The molecule has 0 amide bonds. The van der Waals surface area contributed by atoms with Crippen molar-refractivity contribution in [3.63, 3.8) is 0 Å². The second-order valence-electron chi connectivity index (χ2n) is 2.57. The van der Waals surface area contributed by atoms with Crippen LogP contribution >= 0.6 is 0 Å². The minimum absolute atomic E-state index is 0.0483. The van der Waals surface area contributed by atoms with Crippen LogP contribution in [0, 0.1) is 0 Å². The Morgan fingerprint density at radius 1 is 1.64 bits per heavy atom. The minimum Gasteiger partial charge on any atom is -0.494 e. The largest absolute Gasteiger partial charge is 0.494 e. The summed E-state index contributed by atoms with van der Waals surface area (Å²) in [7, 11) is 1.23. The van der Waals surface area contributed by atoms with E-state index in [9.17, 15) is 8.78 Å². The van der Waals surface area contributed by atoms with E-state index in [4.69, 9.17) is 15.6 Å². The second-order valence-corrected chi connectivity index (χ2v) is 2.57. The summed E-state index contributed by atoms with van der Waals surface area (Å²) in [6.07, 6.45) is -1.75. The third-order valence-corrected chi connectivity index (χ3v) is 1.77. The van der Waals surface area contributed by atoms with Crippen molar-refractivity contribution in [2.45, 2.75) is 13.0 Å². The Morgan fingerprint density at radius 2 is 2.29 bits per heavy atom. The molecule has 1 aromatic heterocycles. The fraction of sp³-hybridized carbons (Fsp3) is 0.375. The standard InChI is InChI=1S/C8H10F2N2O2/c1-14-7-4(8(9)10)2-12-5(3-13)6(7)11/h2,8,13H,3,11H2,1H3. The Balaban J connectivity index is 3.28. The number of nitrogen functional groups attached to an aromatic ring is 1. The molecule has 1 rings (SSSR count). The number of ether oxygens (including phenoxy) is 1. The number of halogens is 2. The molecule has 0 aromatic carbocycles. The topological polar surface area (TPSA) is 68.4 Å². The minimum atomic E-state index is -2.70. The lowest BCUT2D eigenvalue weighted by atomic mass is 10.2. The van der Waals surface area contributed by atoms with E-state index in [1.165, 1.54) is 7.11 Å². The Morgan fingerprint density at radius 3 is 2.71 bits per heavy atom. The fourth-order valence-electron chi connectivity index (χ4n) is 1.07. The second kappa shape index (κ2) is 4.19. The van der Waals surface area contributed by atoms with Crippen molar-refractivity contribution in [1.29, 1.82) is 0 Å². The van der Waals surface area contributed by atoms with E-state index in [1.54, 1.807) is 0 Å². The molecule has 0 aliphatic carbocycles. The molecule has 0 fully saturated rings. The molecule has 0 saturated heterocycles. The quantitative estimate of drug-likeness (QED) is 0.773. The summed E-state index contributed by atoms with van der Waals surface area (Å²) in [5.41, 5.74) is 5.17. The number of pyridine rings is 1. The van der Waals surface area contributed by atoms with Crippen LogP contribution in [-0.4, -0.2) is 17.2 Å². The van der Waals surface area contributed by atoms with Gasteiger partial charge in [0.1, 0.15) is 0 Å².